The number of amides is 2. The third-order valence-electron chi connectivity index (χ3n) is 4.81. The molecule has 1 heterocycles. The fraction of sp³-hybridized carbons (Fsp3) is 0.364. The normalized spacial score (nSPS) is 14.3. The predicted octanol–water partition coefficient (Wildman–Crippen LogP) is 4.79. The summed E-state index contributed by atoms with van der Waals surface area (Å²) in [6.07, 6.45) is 4.41. The molecular formula is C22H25BrN2O3. The van der Waals surface area contributed by atoms with Crippen LogP contribution in [-0.4, -0.2) is 36.4 Å². The lowest BCUT2D eigenvalue weighted by Crippen LogP contribution is -2.35. The first-order chi connectivity index (χ1) is 13.5. The molecule has 1 aliphatic heterocycles. The van der Waals surface area contributed by atoms with Gasteiger partial charge in [0.25, 0.3) is 11.8 Å². The SMILES string of the molecule is Cc1ccc(NC(=O)c2ccccc2OCC(=O)N2CCCCCC2)c(Br)c1. The number of carbonyl (C=O) groups is 2. The van der Waals surface area contributed by atoms with Gasteiger partial charge >= 0.3 is 0 Å². The van der Waals surface area contributed by atoms with Crippen molar-refractivity contribution in [2.75, 3.05) is 25.0 Å². The lowest BCUT2D eigenvalue weighted by atomic mass is 10.1. The molecule has 6 heteroatoms. The largest absolute Gasteiger partial charge is 0.483 e. The third kappa shape index (κ3) is 5.35. The Kier molecular flexibility index (Phi) is 7.09. The van der Waals surface area contributed by atoms with Gasteiger partial charge in [-0.3, -0.25) is 9.59 Å². The quantitative estimate of drug-likeness (QED) is 0.720. The van der Waals surface area contributed by atoms with Gasteiger partial charge in [0.15, 0.2) is 6.61 Å². The topological polar surface area (TPSA) is 58.6 Å². The molecule has 0 aliphatic carbocycles. The van der Waals surface area contributed by atoms with Crippen LogP contribution in [0.25, 0.3) is 0 Å². The molecule has 1 fully saturated rings. The van der Waals surface area contributed by atoms with E-state index in [9.17, 15) is 9.59 Å². The van der Waals surface area contributed by atoms with Crippen molar-refractivity contribution < 1.29 is 14.3 Å². The summed E-state index contributed by atoms with van der Waals surface area (Å²) in [6.45, 7) is 3.50. The van der Waals surface area contributed by atoms with Crippen LogP contribution in [0.4, 0.5) is 5.69 Å². The molecule has 0 spiro atoms. The first kappa shape index (κ1) is 20.4. The number of nitrogens with one attached hydrogen (secondary N) is 1. The average molecular weight is 445 g/mol. The fourth-order valence-corrected chi connectivity index (χ4v) is 3.83. The van der Waals surface area contributed by atoms with Gasteiger partial charge in [0, 0.05) is 17.6 Å². The van der Waals surface area contributed by atoms with Crippen LogP contribution >= 0.6 is 15.9 Å². The van der Waals surface area contributed by atoms with Gasteiger partial charge in [0.05, 0.1) is 11.3 Å². The highest BCUT2D eigenvalue weighted by Crippen LogP contribution is 2.26. The Morgan fingerprint density at radius 3 is 2.50 bits per heavy atom. The third-order valence-corrected chi connectivity index (χ3v) is 5.47. The minimum absolute atomic E-state index is 0.0293. The summed E-state index contributed by atoms with van der Waals surface area (Å²) in [5.74, 6) is 0.104. The zero-order chi connectivity index (χ0) is 19.9. The van der Waals surface area contributed by atoms with E-state index in [4.69, 9.17) is 4.74 Å². The zero-order valence-electron chi connectivity index (χ0n) is 16.0. The second-order valence-electron chi connectivity index (χ2n) is 7.02. The van der Waals surface area contributed by atoms with E-state index in [-0.39, 0.29) is 18.4 Å². The van der Waals surface area contributed by atoms with E-state index in [0.29, 0.717) is 17.0 Å². The van der Waals surface area contributed by atoms with Crippen molar-refractivity contribution in [3.05, 3.63) is 58.1 Å². The number of hydrogen-bond donors (Lipinski definition) is 1. The van der Waals surface area contributed by atoms with Gasteiger partial charge in [-0.1, -0.05) is 31.0 Å². The summed E-state index contributed by atoms with van der Waals surface area (Å²) < 4.78 is 6.55. The number of likely N-dealkylation sites (tertiary alicyclic amines) is 1. The van der Waals surface area contributed by atoms with Crippen molar-refractivity contribution in [1.29, 1.82) is 0 Å². The van der Waals surface area contributed by atoms with Crippen molar-refractivity contribution >= 4 is 33.4 Å². The highest BCUT2D eigenvalue weighted by atomic mass is 79.9. The molecule has 0 aromatic heterocycles. The molecule has 5 nitrogen and oxygen atoms in total. The lowest BCUT2D eigenvalue weighted by Gasteiger charge is -2.20. The van der Waals surface area contributed by atoms with E-state index >= 15 is 0 Å². The van der Waals surface area contributed by atoms with Gasteiger partial charge in [0.1, 0.15) is 5.75 Å². The van der Waals surface area contributed by atoms with Crippen LogP contribution in [0.2, 0.25) is 0 Å². The van der Waals surface area contributed by atoms with Crippen molar-refractivity contribution in [3.63, 3.8) is 0 Å². The number of benzene rings is 2. The Labute approximate surface area is 174 Å². The van der Waals surface area contributed by atoms with Gasteiger partial charge in [-0.25, -0.2) is 0 Å². The minimum Gasteiger partial charge on any atom is -0.483 e. The van der Waals surface area contributed by atoms with Gasteiger partial charge < -0.3 is 15.0 Å². The molecule has 2 amide bonds. The Morgan fingerprint density at radius 1 is 1.07 bits per heavy atom. The molecule has 1 saturated heterocycles. The summed E-state index contributed by atoms with van der Waals surface area (Å²) >= 11 is 3.47. The Morgan fingerprint density at radius 2 is 1.79 bits per heavy atom. The maximum absolute atomic E-state index is 12.8. The first-order valence-electron chi connectivity index (χ1n) is 9.62. The molecule has 3 rings (SSSR count). The number of rotatable bonds is 5. The number of anilines is 1. The van der Waals surface area contributed by atoms with Crippen molar-refractivity contribution in [2.24, 2.45) is 0 Å². The van der Waals surface area contributed by atoms with Crippen molar-refractivity contribution in [2.45, 2.75) is 32.6 Å². The van der Waals surface area contributed by atoms with E-state index < -0.39 is 0 Å². The molecule has 0 bridgehead atoms. The summed E-state index contributed by atoms with van der Waals surface area (Å²) in [7, 11) is 0. The zero-order valence-corrected chi connectivity index (χ0v) is 17.6. The minimum atomic E-state index is -0.276. The van der Waals surface area contributed by atoms with Crippen LogP contribution in [0.15, 0.2) is 46.9 Å². The van der Waals surface area contributed by atoms with Crippen LogP contribution < -0.4 is 10.1 Å². The lowest BCUT2D eigenvalue weighted by molar-refractivity contribution is -0.133. The Bertz CT molecular complexity index is 845. The molecule has 1 N–H and O–H groups in total. The molecule has 0 saturated carbocycles. The monoisotopic (exact) mass is 444 g/mol. The number of halogens is 1. The highest BCUT2D eigenvalue weighted by molar-refractivity contribution is 9.10. The van der Waals surface area contributed by atoms with Crippen molar-refractivity contribution in [3.8, 4) is 5.75 Å². The average Bonchev–Trinajstić information content (AvgIpc) is 2.98. The molecule has 2 aromatic carbocycles. The smallest absolute Gasteiger partial charge is 0.260 e. The summed E-state index contributed by atoms with van der Waals surface area (Å²) in [4.78, 5) is 27.1. The first-order valence-corrected chi connectivity index (χ1v) is 10.4. The molecule has 148 valence electrons. The van der Waals surface area contributed by atoms with Crippen LogP contribution in [0, 0.1) is 6.92 Å². The van der Waals surface area contributed by atoms with E-state index in [1.54, 1.807) is 24.3 Å². The number of ether oxygens (including phenoxy) is 1. The Balaban J connectivity index is 1.66. The molecule has 0 radical (unpaired) electrons. The van der Waals surface area contributed by atoms with Crippen LogP contribution in [0.5, 0.6) is 5.75 Å². The number of hydrogen-bond acceptors (Lipinski definition) is 3. The number of nitrogens with zero attached hydrogens (tertiary/aromatic N) is 1. The number of aryl methyl sites for hydroxylation is 1. The second kappa shape index (κ2) is 9.73. The number of para-hydroxylation sites is 1. The van der Waals surface area contributed by atoms with Gasteiger partial charge in [-0.15, -0.1) is 0 Å². The fourth-order valence-electron chi connectivity index (χ4n) is 3.24. The summed E-state index contributed by atoms with van der Waals surface area (Å²) in [5, 5.41) is 2.89. The molecular weight excluding hydrogens is 420 g/mol. The summed E-state index contributed by atoms with van der Waals surface area (Å²) in [6, 6.07) is 12.7. The molecule has 1 aliphatic rings. The van der Waals surface area contributed by atoms with Crippen LogP contribution in [0.3, 0.4) is 0 Å². The van der Waals surface area contributed by atoms with E-state index in [1.807, 2.05) is 30.0 Å². The van der Waals surface area contributed by atoms with Gasteiger partial charge in [0.2, 0.25) is 0 Å². The van der Waals surface area contributed by atoms with E-state index in [1.165, 1.54) is 12.8 Å². The van der Waals surface area contributed by atoms with Gasteiger partial charge in [-0.2, -0.15) is 0 Å². The van der Waals surface area contributed by atoms with Gasteiger partial charge in [-0.05, 0) is 65.5 Å². The predicted molar refractivity (Wildman–Crippen MR) is 114 cm³/mol. The van der Waals surface area contributed by atoms with E-state index in [0.717, 1.165) is 36.0 Å². The second-order valence-corrected chi connectivity index (χ2v) is 7.87. The Hall–Kier alpha value is -2.34. The highest BCUT2D eigenvalue weighted by Gasteiger charge is 2.18. The standard InChI is InChI=1S/C22H25BrN2O3/c1-16-10-11-19(18(23)14-16)24-22(27)17-8-4-5-9-20(17)28-15-21(26)25-12-6-2-3-7-13-25/h4-5,8-11,14H,2-3,6-7,12-13,15H2,1H3,(H,24,27). The molecule has 28 heavy (non-hydrogen) atoms. The van der Waals surface area contributed by atoms with Crippen LogP contribution in [-0.2, 0) is 4.79 Å². The van der Waals surface area contributed by atoms with Crippen LogP contribution in [0.1, 0.15) is 41.6 Å². The van der Waals surface area contributed by atoms with Crippen molar-refractivity contribution in [1.82, 2.24) is 4.90 Å². The number of carbonyl (C=O) groups excluding carboxylic acids is 2. The maximum atomic E-state index is 12.8. The molecule has 0 atom stereocenters. The molecule has 0 unspecified atom stereocenters. The molecule has 2 aromatic rings. The summed E-state index contributed by atoms with van der Waals surface area (Å²) in [5.41, 5.74) is 2.19. The maximum Gasteiger partial charge on any atom is 0.260 e. The van der Waals surface area contributed by atoms with E-state index in [2.05, 4.69) is 21.2 Å².